The second-order valence-electron chi connectivity index (χ2n) is 6.61. The van der Waals surface area contributed by atoms with Crippen molar-refractivity contribution in [3.05, 3.63) is 29.8 Å². The summed E-state index contributed by atoms with van der Waals surface area (Å²) < 4.78 is 5.89. The molecule has 1 aliphatic rings. The van der Waals surface area contributed by atoms with Crippen LogP contribution in [0.1, 0.15) is 32.8 Å². The van der Waals surface area contributed by atoms with Gasteiger partial charge in [0.25, 0.3) is 5.91 Å². The quantitative estimate of drug-likeness (QED) is 0.813. The van der Waals surface area contributed by atoms with Crippen LogP contribution in [-0.4, -0.2) is 59.9 Å². The fraction of sp³-hybridized carbons (Fsp3) is 0.579. The van der Waals surface area contributed by atoms with Crippen LogP contribution in [0.4, 0.5) is 0 Å². The summed E-state index contributed by atoms with van der Waals surface area (Å²) >= 11 is 0. The van der Waals surface area contributed by atoms with Crippen LogP contribution < -0.4 is 10.5 Å². The van der Waals surface area contributed by atoms with Gasteiger partial charge in [-0.15, -0.1) is 12.4 Å². The van der Waals surface area contributed by atoms with Crippen molar-refractivity contribution < 1.29 is 14.3 Å². The van der Waals surface area contributed by atoms with Gasteiger partial charge in [-0.2, -0.15) is 0 Å². The molecule has 146 valence electrons. The minimum absolute atomic E-state index is 0. The number of ether oxygens (including phenoxy) is 1. The maximum atomic E-state index is 12.6. The highest BCUT2D eigenvalue weighted by molar-refractivity contribution is 5.85. The molecule has 0 spiro atoms. The van der Waals surface area contributed by atoms with E-state index >= 15 is 0 Å². The summed E-state index contributed by atoms with van der Waals surface area (Å²) in [6.45, 7) is 7.84. The zero-order valence-corrected chi connectivity index (χ0v) is 16.6. The number of aryl methyl sites for hydroxylation is 1. The second-order valence-corrected chi connectivity index (χ2v) is 6.61. The van der Waals surface area contributed by atoms with Gasteiger partial charge in [0.2, 0.25) is 5.91 Å². The van der Waals surface area contributed by atoms with Crippen LogP contribution in [0.15, 0.2) is 24.3 Å². The van der Waals surface area contributed by atoms with Crippen molar-refractivity contribution in [3.63, 3.8) is 0 Å². The monoisotopic (exact) mass is 383 g/mol. The molecule has 0 saturated carbocycles. The summed E-state index contributed by atoms with van der Waals surface area (Å²) in [4.78, 5) is 28.2. The fourth-order valence-corrected chi connectivity index (χ4v) is 2.99. The lowest BCUT2D eigenvalue weighted by Crippen LogP contribution is -2.53. The number of rotatable bonds is 6. The van der Waals surface area contributed by atoms with Crippen LogP contribution in [-0.2, 0) is 16.0 Å². The summed E-state index contributed by atoms with van der Waals surface area (Å²) in [7, 11) is 0. The summed E-state index contributed by atoms with van der Waals surface area (Å²) in [6.07, 6.45) is 0.664. The molecular formula is C19H30ClN3O3. The number of benzene rings is 1. The molecule has 2 amide bonds. The highest BCUT2D eigenvalue weighted by Gasteiger charge is 2.28. The SMILES string of the molecule is CCc1ccccc1OC(C)C(=O)N1CCN(C(=O)CC(C)N)CC1.Cl. The topological polar surface area (TPSA) is 75.9 Å². The van der Waals surface area contributed by atoms with Crippen molar-refractivity contribution in [2.24, 2.45) is 5.73 Å². The van der Waals surface area contributed by atoms with E-state index in [9.17, 15) is 9.59 Å². The van der Waals surface area contributed by atoms with Crippen LogP contribution in [0.25, 0.3) is 0 Å². The first kappa shape index (κ1) is 22.3. The predicted molar refractivity (Wildman–Crippen MR) is 105 cm³/mol. The fourth-order valence-electron chi connectivity index (χ4n) is 2.99. The van der Waals surface area contributed by atoms with Crippen molar-refractivity contribution in [2.75, 3.05) is 26.2 Å². The minimum atomic E-state index is -0.543. The van der Waals surface area contributed by atoms with E-state index in [2.05, 4.69) is 6.92 Å². The smallest absolute Gasteiger partial charge is 0.263 e. The molecule has 7 heteroatoms. The Morgan fingerprint density at radius 1 is 1.12 bits per heavy atom. The first-order valence-electron chi connectivity index (χ1n) is 8.99. The van der Waals surface area contributed by atoms with Gasteiger partial charge in [0.05, 0.1) is 0 Å². The van der Waals surface area contributed by atoms with Crippen molar-refractivity contribution in [2.45, 2.75) is 45.8 Å². The third kappa shape index (κ3) is 5.88. The average Bonchev–Trinajstić information content (AvgIpc) is 2.61. The van der Waals surface area contributed by atoms with Gasteiger partial charge in [0, 0.05) is 38.6 Å². The molecule has 2 N–H and O–H groups in total. The summed E-state index contributed by atoms with van der Waals surface area (Å²) in [5, 5.41) is 0. The van der Waals surface area contributed by atoms with Crippen molar-refractivity contribution in [3.8, 4) is 5.75 Å². The Labute approximate surface area is 162 Å². The van der Waals surface area contributed by atoms with Gasteiger partial charge in [0.15, 0.2) is 6.10 Å². The molecule has 1 saturated heterocycles. The van der Waals surface area contributed by atoms with Gasteiger partial charge < -0.3 is 20.3 Å². The Balaban J connectivity index is 0.00000338. The molecule has 1 aliphatic heterocycles. The first-order valence-corrected chi connectivity index (χ1v) is 8.99. The molecule has 26 heavy (non-hydrogen) atoms. The molecule has 6 nitrogen and oxygen atoms in total. The lowest BCUT2D eigenvalue weighted by Gasteiger charge is -2.36. The number of piperazine rings is 1. The molecule has 2 unspecified atom stereocenters. The van der Waals surface area contributed by atoms with Gasteiger partial charge in [-0.05, 0) is 31.9 Å². The lowest BCUT2D eigenvalue weighted by atomic mass is 10.1. The maximum absolute atomic E-state index is 12.6. The summed E-state index contributed by atoms with van der Waals surface area (Å²) in [5.41, 5.74) is 6.77. The van der Waals surface area contributed by atoms with Crippen LogP contribution in [0, 0.1) is 0 Å². The van der Waals surface area contributed by atoms with Gasteiger partial charge in [-0.25, -0.2) is 0 Å². The lowest BCUT2D eigenvalue weighted by molar-refractivity contribution is -0.143. The average molecular weight is 384 g/mol. The van der Waals surface area contributed by atoms with Crippen molar-refractivity contribution in [1.29, 1.82) is 0 Å². The minimum Gasteiger partial charge on any atom is -0.481 e. The molecular weight excluding hydrogens is 354 g/mol. The van der Waals surface area contributed by atoms with Crippen LogP contribution >= 0.6 is 12.4 Å². The first-order chi connectivity index (χ1) is 11.9. The van der Waals surface area contributed by atoms with E-state index in [1.54, 1.807) is 16.7 Å². The number of hydrogen-bond acceptors (Lipinski definition) is 4. The number of carbonyl (C=O) groups excluding carboxylic acids is 2. The number of halogens is 1. The Bertz CT molecular complexity index is 601. The zero-order chi connectivity index (χ0) is 18.4. The highest BCUT2D eigenvalue weighted by Crippen LogP contribution is 2.20. The van der Waals surface area contributed by atoms with Gasteiger partial charge in [0.1, 0.15) is 5.75 Å². The molecule has 1 fully saturated rings. The van der Waals surface area contributed by atoms with E-state index in [-0.39, 0.29) is 30.3 Å². The van der Waals surface area contributed by atoms with E-state index in [1.165, 1.54) is 0 Å². The second kappa shape index (κ2) is 10.4. The van der Waals surface area contributed by atoms with E-state index < -0.39 is 6.10 Å². The van der Waals surface area contributed by atoms with Gasteiger partial charge >= 0.3 is 0 Å². The van der Waals surface area contributed by atoms with Gasteiger partial charge in [-0.3, -0.25) is 9.59 Å². The Kier molecular flexibility index (Phi) is 8.88. The Morgan fingerprint density at radius 2 is 1.69 bits per heavy atom. The largest absolute Gasteiger partial charge is 0.481 e. The third-order valence-electron chi connectivity index (χ3n) is 4.45. The van der Waals surface area contributed by atoms with E-state index in [1.807, 2.05) is 31.2 Å². The van der Waals surface area contributed by atoms with Gasteiger partial charge in [-0.1, -0.05) is 25.1 Å². The molecule has 0 radical (unpaired) electrons. The van der Waals surface area contributed by atoms with Crippen LogP contribution in [0.2, 0.25) is 0 Å². The predicted octanol–water partition coefficient (Wildman–Crippen LogP) is 1.85. The molecule has 1 aromatic carbocycles. The number of para-hydroxylation sites is 1. The number of nitrogens with two attached hydrogens (primary N) is 1. The molecule has 0 aliphatic carbocycles. The summed E-state index contributed by atoms with van der Waals surface area (Å²) in [5.74, 6) is 0.782. The zero-order valence-electron chi connectivity index (χ0n) is 15.8. The molecule has 0 bridgehead atoms. The summed E-state index contributed by atoms with van der Waals surface area (Å²) in [6, 6.07) is 7.65. The van der Waals surface area contributed by atoms with Crippen molar-refractivity contribution >= 4 is 24.2 Å². The molecule has 2 atom stereocenters. The third-order valence-corrected chi connectivity index (χ3v) is 4.45. The number of hydrogen-bond donors (Lipinski definition) is 1. The van der Waals surface area contributed by atoms with Crippen molar-refractivity contribution in [1.82, 2.24) is 9.80 Å². The molecule has 1 heterocycles. The number of carbonyl (C=O) groups is 2. The highest BCUT2D eigenvalue weighted by atomic mass is 35.5. The molecule has 0 aromatic heterocycles. The Morgan fingerprint density at radius 3 is 2.27 bits per heavy atom. The van der Waals surface area contributed by atoms with E-state index in [0.717, 1.165) is 17.7 Å². The normalized spacial score (nSPS) is 16.5. The van der Waals surface area contributed by atoms with Crippen LogP contribution in [0.5, 0.6) is 5.75 Å². The number of nitrogens with zero attached hydrogens (tertiary/aromatic N) is 2. The van der Waals surface area contributed by atoms with E-state index in [4.69, 9.17) is 10.5 Å². The van der Waals surface area contributed by atoms with E-state index in [0.29, 0.717) is 32.6 Å². The Hall–Kier alpha value is -1.79. The standard InChI is InChI=1S/C19H29N3O3.ClH/c1-4-16-7-5-6-8-17(16)25-15(3)19(24)22-11-9-21(10-12-22)18(23)13-14(2)20;/h5-8,14-15H,4,9-13,20H2,1-3H3;1H. The van der Waals surface area contributed by atoms with Crippen LogP contribution in [0.3, 0.4) is 0 Å². The number of amides is 2. The maximum Gasteiger partial charge on any atom is 0.263 e. The molecule has 2 rings (SSSR count). The molecule has 1 aromatic rings.